The SMILES string of the molecule is COc1ccc([C@H]2[C@H](C(=O)NCCc3ccccc3)c3ccccc3C(=O)N2[C@H](CN=O)Cc2ccccc2)c(OC)c1. The Hall–Kier alpha value is -4.98. The second-order valence-electron chi connectivity index (χ2n) is 10.5. The maximum Gasteiger partial charge on any atom is 0.255 e. The summed E-state index contributed by atoms with van der Waals surface area (Å²) < 4.78 is 11.2. The van der Waals surface area contributed by atoms with Gasteiger partial charge in [-0.3, -0.25) is 9.59 Å². The molecule has 3 atom stereocenters. The van der Waals surface area contributed by atoms with Crippen LogP contribution in [0.1, 0.15) is 44.6 Å². The van der Waals surface area contributed by atoms with Crippen molar-refractivity contribution in [3.63, 3.8) is 0 Å². The van der Waals surface area contributed by atoms with E-state index in [9.17, 15) is 14.5 Å². The minimum atomic E-state index is -0.782. The van der Waals surface area contributed by atoms with Crippen LogP contribution in [-0.4, -0.2) is 50.1 Å². The number of nitroso groups, excluding NO2 is 1. The molecule has 0 aromatic heterocycles. The quantitative estimate of drug-likeness (QED) is 0.217. The van der Waals surface area contributed by atoms with Crippen molar-refractivity contribution in [1.82, 2.24) is 10.2 Å². The van der Waals surface area contributed by atoms with E-state index >= 15 is 0 Å². The molecule has 5 rings (SSSR count). The van der Waals surface area contributed by atoms with E-state index in [1.54, 1.807) is 43.4 Å². The molecule has 2 amide bonds. The molecule has 4 aromatic rings. The number of ether oxygens (including phenoxy) is 2. The van der Waals surface area contributed by atoms with Crippen molar-refractivity contribution in [3.8, 4) is 11.5 Å². The summed E-state index contributed by atoms with van der Waals surface area (Å²) in [5.41, 5.74) is 3.75. The third kappa shape index (κ3) is 6.43. The molecule has 0 aliphatic carbocycles. The van der Waals surface area contributed by atoms with Crippen molar-refractivity contribution in [2.75, 3.05) is 27.3 Å². The first-order valence-electron chi connectivity index (χ1n) is 14.3. The maximum absolute atomic E-state index is 14.4. The van der Waals surface area contributed by atoms with E-state index in [4.69, 9.17) is 9.47 Å². The Kier molecular flexibility index (Phi) is 9.46. The van der Waals surface area contributed by atoms with Crippen LogP contribution in [0.5, 0.6) is 11.5 Å². The van der Waals surface area contributed by atoms with Crippen LogP contribution in [0.3, 0.4) is 0 Å². The van der Waals surface area contributed by atoms with E-state index in [1.807, 2.05) is 78.9 Å². The third-order valence-corrected chi connectivity index (χ3v) is 7.97. The van der Waals surface area contributed by atoms with Gasteiger partial charge in [-0.2, -0.15) is 4.91 Å². The van der Waals surface area contributed by atoms with Gasteiger partial charge in [0.25, 0.3) is 5.91 Å². The summed E-state index contributed by atoms with van der Waals surface area (Å²) in [6.07, 6.45) is 1.05. The van der Waals surface area contributed by atoms with Crippen LogP contribution >= 0.6 is 0 Å². The highest BCUT2D eigenvalue weighted by atomic mass is 16.5. The number of carbonyl (C=O) groups excluding carboxylic acids is 2. The fourth-order valence-corrected chi connectivity index (χ4v) is 5.94. The fraction of sp³-hybridized carbons (Fsp3) is 0.257. The summed E-state index contributed by atoms with van der Waals surface area (Å²) in [5, 5.41) is 6.38. The van der Waals surface area contributed by atoms with Gasteiger partial charge in [0.05, 0.1) is 32.2 Å². The molecule has 0 saturated carbocycles. The molecule has 8 heteroatoms. The highest BCUT2D eigenvalue weighted by Crippen LogP contribution is 2.47. The first-order chi connectivity index (χ1) is 21.0. The van der Waals surface area contributed by atoms with E-state index in [-0.39, 0.29) is 18.4 Å². The molecule has 1 aliphatic heterocycles. The predicted octanol–water partition coefficient (Wildman–Crippen LogP) is 5.72. The monoisotopic (exact) mass is 577 g/mol. The topological polar surface area (TPSA) is 97.3 Å². The highest BCUT2D eigenvalue weighted by molar-refractivity contribution is 6.01. The fourth-order valence-electron chi connectivity index (χ4n) is 5.94. The Labute approximate surface area is 251 Å². The molecule has 220 valence electrons. The number of nitrogens with one attached hydrogen (secondary N) is 1. The first kappa shape index (κ1) is 29.5. The smallest absolute Gasteiger partial charge is 0.255 e. The molecule has 8 nitrogen and oxygen atoms in total. The maximum atomic E-state index is 14.4. The van der Waals surface area contributed by atoms with Crippen LogP contribution in [-0.2, 0) is 17.6 Å². The van der Waals surface area contributed by atoms with Crippen LogP contribution in [0.25, 0.3) is 0 Å². The Bertz CT molecular complexity index is 1560. The summed E-state index contributed by atoms with van der Waals surface area (Å²) >= 11 is 0. The standard InChI is InChI=1S/C35H35N3O5/c1-42-27-17-18-30(31(22-27)43-2)33-32(34(39)36-20-19-24-11-5-3-6-12-24)28-15-9-10-16-29(28)35(40)38(33)26(23-37-41)21-25-13-7-4-8-14-25/h3-18,22,26,32-33H,19-21,23H2,1-2H3,(H,36,39)/t26-,32+,33-/m0/s1. The Balaban J connectivity index is 1.63. The van der Waals surface area contributed by atoms with Crippen molar-refractivity contribution in [1.29, 1.82) is 0 Å². The van der Waals surface area contributed by atoms with Gasteiger partial charge in [-0.1, -0.05) is 84.0 Å². The first-order valence-corrected chi connectivity index (χ1v) is 14.3. The van der Waals surface area contributed by atoms with Gasteiger partial charge < -0.3 is 19.7 Å². The van der Waals surface area contributed by atoms with Gasteiger partial charge in [0, 0.05) is 23.7 Å². The van der Waals surface area contributed by atoms with Crippen LogP contribution in [0.2, 0.25) is 0 Å². The molecular formula is C35H35N3O5. The zero-order valence-electron chi connectivity index (χ0n) is 24.3. The van der Waals surface area contributed by atoms with Crippen LogP contribution in [0.4, 0.5) is 0 Å². The number of hydrogen-bond acceptors (Lipinski definition) is 6. The number of carbonyl (C=O) groups is 2. The number of methoxy groups -OCH3 is 2. The predicted molar refractivity (Wildman–Crippen MR) is 165 cm³/mol. The summed E-state index contributed by atoms with van der Waals surface area (Å²) in [6.45, 7) is 0.283. The normalized spacial score (nSPS) is 16.6. The van der Waals surface area contributed by atoms with Crippen LogP contribution in [0.15, 0.2) is 108 Å². The Morgan fingerprint density at radius 1 is 0.860 bits per heavy atom. The lowest BCUT2D eigenvalue weighted by Gasteiger charge is -2.45. The van der Waals surface area contributed by atoms with E-state index in [0.717, 1.165) is 11.1 Å². The molecule has 0 spiro atoms. The minimum Gasteiger partial charge on any atom is -0.497 e. The minimum absolute atomic E-state index is 0.139. The van der Waals surface area contributed by atoms with E-state index in [0.29, 0.717) is 47.6 Å². The van der Waals surface area contributed by atoms with Crippen molar-refractivity contribution < 1.29 is 19.1 Å². The largest absolute Gasteiger partial charge is 0.497 e. The molecule has 4 aromatic carbocycles. The van der Waals surface area contributed by atoms with E-state index in [1.165, 1.54) is 0 Å². The lowest BCUT2D eigenvalue weighted by Crippen LogP contribution is -2.53. The van der Waals surface area contributed by atoms with Gasteiger partial charge in [-0.05, 0) is 47.7 Å². The molecule has 0 radical (unpaired) electrons. The zero-order chi connectivity index (χ0) is 30.2. The van der Waals surface area contributed by atoms with Gasteiger partial charge >= 0.3 is 0 Å². The van der Waals surface area contributed by atoms with E-state index < -0.39 is 18.0 Å². The van der Waals surface area contributed by atoms with Crippen LogP contribution in [0, 0.1) is 4.91 Å². The van der Waals surface area contributed by atoms with Gasteiger partial charge in [0.2, 0.25) is 5.91 Å². The number of rotatable bonds is 12. The van der Waals surface area contributed by atoms with Crippen LogP contribution < -0.4 is 14.8 Å². The Morgan fingerprint density at radius 3 is 2.21 bits per heavy atom. The average Bonchev–Trinajstić information content (AvgIpc) is 3.05. The Morgan fingerprint density at radius 2 is 1.53 bits per heavy atom. The zero-order valence-corrected chi connectivity index (χ0v) is 24.3. The van der Waals surface area contributed by atoms with Crippen molar-refractivity contribution in [2.24, 2.45) is 5.18 Å². The average molecular weight is 578 g/mol. The molecule has 0 fully saturated rings. The molecule has 1 heterocycles. The van der Waals surface area contributed by atoms with E-state index in [2.05, 4.69) is 10.5 Å². The summed E-state index contributed by atoms with van der Waals surface area (Å²) in [5.74, 6) is -0.218. The molecular weight excluding hydrogens is 542 g/mol. The number of fused-ring (bicyclic) bond motifs is 1. The lowest BCUT2D eigenvalue weighted by molar-refractivity contribution is -0.124. The third-order valence-electron chi connectivity index (χ3n) is 7.97. The second-order valence-corrected chi connectivity index (χ2v) is 10.5. The number of amides is 2. The van der Waals surface area contributed by atoms with Crippen molar-refractivity contribution in [3.05, 3.63) is 136 Å². The molecule has 0 unspecified atom stereocenters. The molecule has 1 aliphatic rings. The van der Waals surface area contributed by atoms with Crippen molar-refractivity contribution >= 4 is 11.8 Å². The van der Waals surface area contributed by atoms with Gasteiger partial charge in [0.1, 0.15) is 18.0 Å². The van der Waals surface area contributed by atoms with Gasteiger partial charge in [-0.25, -0.2) is 0 Å². The number of nitrogens with zero attached hydrogens (tertiary/aromatic N) is 2. The second kappa shape index (κ2) is 13.8. The van der Waals surface area contributed by atoms with Gasteiger partial charge in [-0.15, -0.1) is 0 Å². The summed E-state index contributed by atoms with van der Waals surface area (Å²) in [4.78, 5) is 42.1. The highest BCUT2D eigenvalue weighted by Gasteiger charge is 2.47. The van der Waals surface area contributed by atoms with Gasteiger partial charge in [0.15, 0.2) is 0 Å². The summed E-state index contributed by atoms with van der Waals surface area (Å²) in [7, 11) is 3.11. The summed E-state index contributed by atoms with van der Waals surface area (Å²) in [6, 6.07) is 30.8. The van der Waals surface area contributed by atoms with Crippen molar-refractivity contribution in [2.45, 2.75) is 30.8 Å². The number of benzene rings is 4. The lowest BCUT2D eigenvalue weighted by atomic mass is 9.77. The molecule has 43 heavy (non-hydrogen) atoms. The number of hydrogen-bond donors (Lipinski definition) is 1. The molecule has 0 bridgehead atoms. The molecule has 0 saturated heterocycles. The molecule has 1 N–H and O–H groups in total.